The molecule has 1 aliphatic heterocycles. The first kappa shape index (κ1) is 17.1. The number of nitriles is 1. The van der Waals surface area contributed by atoms with Crippen LogP contribution in [-0.2, 0) is 19.7 Å². The molecule has 0 radical (unpaired) electrons. The van der Waals surface area contributed by atoms with Gasteiger partial charge in [-0.2, -0.15) is 5.26 Å². The number of esters is 1. The van der Waals surface area contributed by atoms with E-state index in [9.17, 15) is 14.9 Å². The number of anilines is 1. The zero-order valence-corrected chi connectivity index (χ0v) is 14.4. The summed E-state index contributed by atoms with van der Waals surface area (Å²) in [6.45, 7) is 6.32. The Morgan fingerprint density at radius 2 is 1.91 bits per heavy atom. The number of nitrogens with zero attached hydrogens (tertiary/aromatic N) is 2. The highest BCUT2D eigenvalue weighted by Gasteiger charge is 2.33. The van der Waals surface area contributed by atoms with Crippen LogP contribution in [0.1, 0.15) is 26.3 Å². The number of benzene rings is 1. The van der Waals surface area contributed by atoms with Crippen LogP contribution in [0.5, 0.6) is 0 Å². The van der Waals surface area contributed by atoms with Gasteiger partial charge in [-0.05, 0) is 23.1 Å². The van der Waals surface area contributed by atoms with E-state index in [0.29, 0.717) is 10.7 Å². The molecule has 0 aliphatic carbocycles. The minimum absolute atomic E-state index is 0.00476. The van der Waals surface area contributed by atoms with Crippen LogP contribution in [0, 0.1) is 11.3 Å². The summed E-state index contributed by atoms with van der Waals surface area (Å²) in [6, 6.07) is 9.40. The molecule has 0 saturated carbocycles. The van der Waals surface area contributed by atoms with Crippen molar-refractivity contribution in [3.05, 3.63) is 40.4 Å². The molecule has 6 heteroatoms. The van der Waals surface area contributed by atoms with Crippen molar-refractivity contribution in [2.24, 2.45) is 0 Å². The van der Waals surface area contributed by atoms with Gasteiger partial charge in [-0.25, -0.2) is 4.79 Å². The van der Waals surface area contributed by atoms with Gasteiger partial charge < -0.3 is 4.74 Å². The van der Waals surface area contributed by atoms with Crippen molar-refractivity contribution in [3.63, 3.8) is 0 Å². The van der Waals surface area contributed by atoms with Gasteiger partial charge in [-0.1, -0.05) is 44.7 Å². The molecule has 120 valence electrons. The maximum atomic E-state index is 12.2. The average Bonchev–Trinajstić information content (AvgIpc) is 2.88. The van der Waals surface area contributed by atoms with Gasteiger partial charge in [0.05, 0.1) is 12.9 Å². The monoisotopic (exact) mass is 330 g/mol. The van der Waals surface area contributed by atoms with Crippen LogP contribution in [0.3, 0.4) is 0 Å². The van der Waals surface area contributed by atoms with E-state index in [4.69, 9.17) is 0 Å². The van der Waals surface area contributed by atoms with E-state index in [1.54, 1.807) is 0 Å². The largest absolute Gasteiger partial charge is 0.465 e. The predicted octanol–water partition coefficient (Wildman–Crippen LogP) is 2.97. The Hall–Kier alpha value is -2.26. The van der Waals surface area contributed by atoms with E-state index in [0.717, 1.165) is 5.56 Å². The minimum Gasteiger partial charge on any atom is -0.465 e. The van der Waals surface area contributed by atoms with Crippen molar-refractivity contribution in [1.29, 1.82) is 5.26 Å². The molecule has 0 bridgehead atoms. The number of methoxy groups -OCH3 is 1. The first-order chi connectivity index (χ1) is 10.8. The van der Waals surface area contributed by atoms with Gasteiger partial charge in [0.25, 0.3) is 0 Å². The normalized spacial score (nSPS) is 17.0. The Bertz CT molecular complexity index is 709. The van der Waals surface area contributed by atoms with E-state index < -0.39 is 5.97 Å². The Morgan fingerprint density at radius 1 is 1.30 bits per heavy atom. The molecule has 0 unspecified atom stereocenters. The lowest BCUT2D eigenvalue weighted by atomic mass is 9.87. The molecule has 1 saturated heterocycles. The third kappa shape index (κ3) is 3.40. The molecule has 1 heterocycles. The van der Waals surface area contributed by atoms with E-state index >= 15 is 0 Å². The molecule has 1 amide bonds. The lowest BCUT2D eigenvalue weighted by Crippen LogP contribution is -2.26. The molecular weight excluding hydrogens is 312 g/mol. The smallest absolute Gasteiger partial charge is 0.351 e. The highest BCUT2D eigenvalue weighted by molar-refractivity contribution is 8.04. The topological polar surface area (TPSA) is 70.4 Å². The number of hydrogen-bond donors (Lipinski definition) is 0. The van der Waals surface area contributed by atoms with Crippen molar-refractivity contribution in [2.45, 2.75) is 26.2 Å². The summed E-state index contributed by atoms with van der Waals surface area (Å²) in [5, 5.41) is 9.56. The van der Waals surface area contributed by atoms with E-state index in [2.05, 4.69) is 25.5 Å². The standard InChI is InChI=1S/C17H18N2O3S/c1-17(2,3)11-5-7-12(8-6-11)19-14(20)10-23-15(19)13(9-18)16(21)22-4/h5-8H,10H2,1-4H3/b15-13-. The summed E-state index contributed by atoms with van der Waals surface area (Å²) >= 11 is 1.17. The molecule has 1 aromatic rings. The van der Waals surface area contributed by atoms with Crippen LogP contribution in [0.4, 0.5) is 5.69 Å². The summed E-state index contributed by atoms with van der Waals surface area (Å²) in [7, 11) is 1.21. The van der Waals surface area contributed by atoms with Crippen molar-refractivity contribution >= 4 is 29.3 Å². The summed E-state index contributed by atoms with van der Waals surface area (Å²) in [5.74, 6) is -0.704. The predicted molar refractivity (Wildman–Crippen MR) is 89.7 cm³/mol. The van der Waals surface area contributed by atoms with Crippen LogP contribution < -0.4 is 4.90 Å². The average molecular weight is 330 g/mol. The number of carbonyl (C=O) groups excluding carboxylic acids is 2. The second-order valence-corrected chi connectivity index (χ2v) is 7.06. The number of ether oxygens (including phenoxy) is 1. The molecule has 5 nitrogen and oxygen atoms in total. The molecule has 0 atom stereocenters. The first-order valence-electron chi connectivity index (χ1n) is 7.08. The fourth-order valence-corrected chi connectivity index (χ4v) is 3.21. The molecular formula is C17H18N2O3S. The number of hydrogen-bond acceptors (Lipinski definition) is 5. The molecule has 0 N–H and O–H groups in total. The SMILES string of the molecule is COC(=O)/C(C#N)=C1\SCC(=O)N1c1ccc(C(C)(C)C)cc1. The number of thioether (sulfide) groups is 1. The fraction of sp³-hybridized carbons (Fsp3) is 0.353. The Labute approximate surface area is 139 Å². The zero-order valence-electron chi connectivity index (χ0n) is 13.5. The van der Waals surface area contributed by atoms with Gasteiger partial charge in [0.15, 0.2) is 5.57 Å². The van der Waals surface area contributed by atoms with Crippen LogP contribution in [0.15, 0.2) is 34.9 Å². The Balaban J connectivity index is 2.47. The molecule has 2 rings (SSSR count). The summed E-state index contributed by atoms with van der Waals surface area (Å²) in [6.07, 6.45) is 0. The molecule has 1 fully saturated rings. The third-order valence-electron chi connectivity index (χ3n) is 3.49. The Morgan fingerprint density at radius 3 is 2.39 bits per heavy atom. The Kier molecular flexibility index (Phi) is 4.81. The van der Waals surface area contributed by atoms with Crippen LogP contribution in [0.25, 0.3) is 0 Å². The first-order valence-corrected chi connectivity index (χ1v) is 8.07. The summed E-state index contributed by atoms with van der Waals surface area (Å²) in [4.78, 5) is 25.4. The summed E-state index contributed by atoms with van der Waals surface area (Å²) < 4.78 is 4.63. The van der Waals surface area contributed by atoms with Crippen LogP contribution in [-0.4, -0.2) is 24.7 Å². The number of carbonyl (C=O) groups is 2. The second-order valence-electron chi connectivity index (χ2n) is 6.10. The van der Waals surface area contributed by atoms with Crippen molar-refractivity contribution in [3.8, 4) is 6.07 Å². The lowest BCUT2D eigenvalue weighted by molar-refractivity contribution is -0.135. The highest BCUT2D eigenvalue weighted by Crippen LogP contribution is 2.37. The van der Waals surface area contributed by atoms with Gasteiger partial charge in [-0.15, -0.1) is 0 Å². The fourth-order valence-electron chi connectivity index (χ4n) is 2.21. The maximum Gasteiger partial charge on any atom is 0.351 e. The van der Waals surface area contributed by atoms with Crippen molar-refractivity contribution in [1.82, 2.24) is 0 Å². The molecule has 0 aromatic heterocycles. The molecule has 23 heavy (non-hydrogen) atoms. The second kappa shape index (κ2) is 6.47. The quantitative estimate of drug-likeness (QED) is 0.474. The van der Waals surface area contributed by atoms with Gasteiger partial charge in [0.2, 0.25) is 5.91 Å². The van der Waals surface area contributed by atoms with E-state index in [1.807, 2.05) is 30.3 Å². The van der Waals surface area contributed by atoms with Crippen LogP contribution >= 0.6 is 11.8 Å². The maximum absolute atomic E-state index is 12.2. The zero-order chi connectivity index (χ0) is 17.2. The highest BCUT2D eigenvalue weighted by atomic mass is 32.2. The van der Waals surface area contributed by atoms with Gasteiger partial charge in [0, 0.05) is 5.69 Å². The number of rotatable bonds is 2. The van der Waals surface area contributed by atoms with Gasteiger partial charge in [-0.3, -0.25) is 9.69 Å². The molecule has 0 spiro atoms. The third-order valence-corrected chi connectivity index (χ3v) is 4.54. The van der Waals surface area contributed by atoms with Crippen molar-refractivity contribution in [2.75, 3.05) is 17.8 Å². The van der Waals surface area contributed by atoms with Gasteiger partial charge >= 0.3 is 5.97 Å². The van der Waals surface area contributed by atoms with E-state index in [1.165, 1.54) is 23.8 Å². The summed E-state index contributed by atoms with van der Waals surface area (Å²) in [5.41, 5.74) is 1.63. The van der Waals surface area contributed by atoms with Crippen LogP contribution in [0.2, 0.25) is 0 Å². The minimum atomic E-state index is -0.735. The van der Waals surface area contributed by atoms with Crippen molar-refractivity contribution < 1.29 is 14.3 Å². The van der Waals surface area contributed by atoms with Gasteiger partial charge in [0.1, 0.15) is 11.1 Å². The lowest BCUT2D eigenvalue weighted by Gasteiger charge is -2.22. The molecule has 1 aromatic carbocycles. The molecule has 1 aliphatic rings. The number of amides is 1. The van der Waals surface area contributed by atoms with E-state index in [-0.39, 0.29) is 22.6 Å².